The van der Waals surface area contributed by atoms with Gasteiger partial charge in [-0.15, -0.1) is 0 Å². The number of hydrogen-bond acceptors (Lipinski definition) is 2. The molecule has 2 nitrogen and oxygen atoms in total. The molecule has 0 saturated carbocycles. The highest BCUT2D eigenvalue weighted by Gasteiger charge is 2.27. The van der Waals surface area contributed by atoms with E-state index in [1.54, 1.807) is 0 Å². The van der Waals surface area contributed by atoms with Crippen LogP contribution in [0.3, 0.4) is 0 Å². The van der Waals surface area contributed by atoms with Gasteiger partial charge in [0.25, 0.3) is 0 Å². The minimum absolute atomic E-state index is 0.0352. The Bertz CT molecular complexity index is 149. The SMILES string of the molecule is CN1CCC(C)(C#N)CC1. The molecule has 1 fully saturated rings. The van der Waals surface area contributed by atoms with Gasteiger partial charge in [-0.05, 0) is 39.9 Å². The maximum absolute atomic E-state index is 8.77. The van der Waals surface area contributed by atoms with Gasteiger partial charge in [0.1, 0.15) is 0 Å². The molecule has 1 aliphatic rings. The third-order valence-corrected chi connectivity index (χ3v) is 2.36. The smallest absolute Gasteiger partial charge is 0.0687 e. The molecule has 0 unspecified atom stereocenters. The highest BCUT2D eigenvalue weighted by atomic mass is 15.1. The summed E-state index contributed by atoms with van der Waals surface area (Å²) in [6, 6.07) is 2.37. The largest absolute Gasteiger partial charge is 0.306 e. The molecule has 0 amide bonds. The second kappa shape index (κ2) is 2.59. The van der Waals surface area contributed by atoms with Gasteiger partial charge >= 0.3 is 0 Å². The van der Waals surface area contributed by atoms with E-state index in [-0.39, 0.29) is 5.41 Å². The molecule has 0 bridgehead atoms. The Labute approximate surface area is 62.4 Å². The Kier molecular flexibility index (Phi) is 1.96. The third-order valence-electron chi connectivity index (χ3n) is 2.36. The van der Waals surface area contributed by atoms with Crippen LogP contribution in [0, 0.1) is 16.7 Å². The summed E-state index contributed by atoms with van der Waals surface area (Å²) in [6.45, 7) is 4.20. The van der Waals surface area contributed by atoms with Crippen molar-refractivity contribution in [2.45, 2.75) is 19.8 Å². The lowest BCUT2D eigenvalue weighted by molar-refractivity contribution is 0.186. The molecule has 1 saturated heterocycles. The Hall–Kier alpha value is -0.550. The molecule has 1 aliphatic heterocycles. The first-order valence-corrected chi connectivity index (χ1v) is 3.76. The normalized spacial score (nSPS) is 25.7. The number of hydrogen-bond donors (Lipinski definition) is 0. The topological polar surface area (TPSA) is 27.0 Å². The summed E-state index contributed by atoms with van der Waals surface area (Å²) in [7, 11) is 2.11. The quantitative estimate of drug-likeness (QED) is 0.503. The van der Waals surface area contributed by atoms with E-state index in [9.17, 15) is 0 Å². The fraction of sp³-hybridized carbons (Fsp3) is 0.875. The number of piperidine rings is 1. The summed E-state index contributed by atoms with van der Waals surface area (Å²) < 4.78 is 0. The van der Waals surface area contributed by atoms with Gasteiger partial charge in [-0.3, -0.25) is 0 Å². The van der Waals surface area contributed by atoms with Crippen LogP contribution in [0.5, 0.6) is 0 Å². The lowest BCUT2D eigenvalue weighted by Gasteiger charge is -2.32. The molecule has 56 valence electrons. The number of nitrogens with zero attached hydrogens (tertiary/aromatic N) is 2. The van der Waals surface area contributed by atoms with Crippen LogP contribution in [0.4, 0.5) is 0 Å². The van der Waals surface area contributed by atoms with Gasteiger partial charge in [-0.25, -0.2) is 0 Å². The molecule has 1 heterocycles. The molecular formula is C8H14N2. The zero-order valence-electron chi connectivity index (χ0n) is 6.72. The van der Waals surface area contributed by atoms with Crippen LogP contribution in [0.1, 0.15) is 19.8 Å². The summed E-state index contributed by atoms with van der Waals surface area (Å²) in [4.78, 5) is 2.28. The van der Waals surface area contributed by atoms with Crippen LogP contribution >= 0.6 is 0 Å². The fourth-order valence-corrected chi connectivity index (χ4v) is 1.22. The summed E-state index contributed by atoms with van der Waals surface area (Å²) in [5.74, 6) is 0. The minimum atomic E-state index is -0.0352. The van der Waals surface area contributed by atoms with Crippen LogP contribution in [-0.2, 0) is 0 Å². The van der Waals surface area contributed by atoms with Crippen LogP contribution in [0.2, 0.25) is 0 Å². The van der Waals surface area contributed by atoms with Gasteiger partial charge in [0.2, 0.25) is 0 Å². The van der Waals surface area contributed by atoms with Crippen LogP contribution in [0.15, 0.2) is 0 Å². The maximum Gasteiger partial charge on any atom is 0.0687 e. The predicted octanol–water partition coefficient (Wildman–Crippen LogP) is 1.24. The molecule has 0 N–H and O–H groups in total. The van der Waals surface area contributed by atoms with Crippen molar-refractivity contribution in [1.82, 2.24) is 4.90 Å². The van der Waals surface area contributed by atoms with E-state index >= 15 is 0 Å². The van der Waals surface area contributed by atoms with E-state index in [4.69, 9.17) is 5.26 Å². The van der Waals surface area contributed by atoms with Gasteiger partial charge in [0, 0.05) is 0 Å². The minimum Gasteiger partial charge on any atom is -0.306 e. The van der Waals surface area contributed by atoms with Crippen LogP contribution in [0.25, 0.3) is 0 Å². The van der Waals surface area contributed by atoms with E-state index in [0.29, 0.717) is 0 Å². The lowest BCUT2D eigenvalue weighted by atomic mass is 9.82. The zero-order valence-corrected chi connectivity index (χ0v) is 6.72. The average Bonchev–Trinajstić information content (AvgIpc) is 1.96. The molecule has 1 rings (SSSR count). The van der Waals surface area contributed by atoms with Crippen molar-refractivity contribution in [3.63, 3.8) is 0 Å². The summed E-state index contributed by atoms with van der Waals surface area (Å²) in [6.07, 6.45) is 2.06. The van der Waals surface area contributed by atoms with Gasteiger partial charge in [0.05, 0.1) is 11.5 Å². The first-order chi connectivity index (χ1) is 4.66. The standard InChI is InChI=1S/C8H14N2/c1-8(7-9)3-5-10(2)6-4-8/h3-6H2,1-2H3. The molecular weight excluding hydrogens is 124 g/mol. The van der Waals surface area contributed by atoms with Crippen molar-refractivity contribution in [1.29, 1.82) is 5.26 Å². The molecule has 2 heteroatoms. The predicted molar refractivity (Wildman–Crippen MR) is 40.5 cm³/mol. The monoisotopic (exact) mass is 138 g/mol. The maximum atomic E-state index is 8.77. The van der Waals surface area contributed by atoms with Gasteiger partial charge in [0.15, 0.2) is 0 Å². The first-order valence-electron chi connectivity index (χ1n) is 3.76. The van der Waals surface area contributed by atoms with E-state index in [1.165, 1.54) is 0 Å². The summed E-state index contributed by atoms with van der Waals surface area (Å²) in [5.41, 5.74) is -0.0352. The van der Waals surface area contributed by atoms with Gasteiger partial charge in [-0.2, -0.15) is 5.26 Å². The number of rotatable bonds is 0. The second-order valence-corrected chi connectivity index (χ2v) is 3.48. The third kappa shape index (κ3) is 1.48. The fourth-order valence-electron chi connectivity index (χ4n) is 1.22. The van der Waals surface area contributed by atoms with E-state index < -0.39 is 0 Å². The molecule has 0 aliphatic carbocycles. The van der Waals surface area contributed by atoms with Crippen molar-refractivity contribution in [2.24, 2.45) is 5.41 Å². The highest BCUT2D eigenvalue weighted by Crippen LogP contribution is 2.28. The molecule has 0 radical (unpaired) electrons. The van der Waals surface area contributed by atoms with Crippen molar-refractivity contribution < 1.29 is 0 Å². The molecule has 10 heavy (non-hydrogen) atoms. The number of nitriles is 1. The van der Waals surface area contributed by atoms with E-state index in [0.717, 1.165) is 25.9 Å². The molecule has 0 aromatic heterocycles. The first kappa shape index (κ1) is 7.56. The Morgan fingerprint density at radius 2 is 1.90 bits per heavy atom. The number of likely N-dealkylation sites (tertiary alicyclic amines) is 1. The van der Waals surface area contributed by atoms with E-state index in [1.807, 2.05) is 0 Å². The van der Waals surface area contributed by atoms with Crippen molar-refractivity contribution in [3.05, 3.63) is 0 Å². The van der Waals surface area contributed by atoms with Crippen molar-refractivity contribution >= 4 is 0 Å². The molecule has 0 atom stereocenters. The molecule has 0 aromatic carbocycles. The van der Waals surface area contributed by atoms with Gasteiger partial charge in [-0.1, -0.05) is 0 Å². The van der Waals surface area contributed by atoms with E-state index in [2.05, 4.69) is 24.9 Å². The average molecular weight is 138 g/mol. The second-order valence-electron chi connectivity index (χ2n) is 3.48. The van der Waals surface area contributed by atoms with Gasteiger partial charge < -0.3 is 4.90 Å². The Morgan fingerprint density at radius 3 is 2.30 bits per heavy atom. The zero-order chi connectivity index (χ0) is 7.61. The summed E-state index contributed by atoms with van der Waals surface area (Å²) in [5, 5.41) is 8.77. The lowest BCUT2D eigenvalue weighted by Crippen LogP contribution is -2.35. The Balaban J connectivity index is 2.48. The van der Waals surface area contributed by atoms with Crippen molar-refractivity contribution in [3.8, 4) is 6.07 Å². The van der Waals surface area contributed by atoms with Crippen LogP contribution < -0.4 is 0 Å². The Morgan fingerprint density at radius 1 is 1.40 bits per heavy atom. The highest BCUT2D eigenvalue weighted by molar-refractivity contribution is 4.98. The molecule has 0 spiro atoms. The van der Waals surface area contributed by atoms with Crippen LogP contribution in [-0.4, -0.2) is 25.0 Å². The molecule has 0 aromatic rings. The van der Waals surface area contributed by atoms with Crippen molar-refractivity contribution in [2.75, 3.05) is 20.1 Å². The summed E-state index contributed by atoms with van der Waals surface area (Å²) >= 11 is 0.